The molecule has 0 bridgehead atoms. The molecule has 1 aliphatic carbocycles. The smallest absolute Gasteiger partial charge is 0.320 e. The molecule has 6 nitrogen and oxygen atoms in total. The minimum Gasteiger partial charge on any atom is -0.339 e. The molecular weight excluding hydrogens is 388 g/mol. The SMILES string of the molecule is CN(C)C(=O)N(C1CCCCC1)C1CCN(C(=O)C(N)Cc2ccc(Cl)cc2)C1. The summed E-state index contributed by atoms with van der Waals surface area (Å²) in [6.07, 6.45) is 7.00. The van der Waals surface area contributed by atoms with Crippen LogP contribution >= 0.6 is 11.6 Å². The molecule has 29 heavy (non-hydrogen) atoms. The van der Waals surface area contributed by atoms with Crippen molar-refractivity contribution in [3.63, 3.8) is 0 Å². The largest absolute Gasteiger partial charge is 0.339 e. The Morgan fingerprint density at radius 1 is 1.10 bits per heavy atom. The number of benzene rings is 1. The van der Waals surface area contributed by atoms with Crippen molar-refractivity contribution in [2.24, 2.45) is 5.73 Å². The molecule has 0 aromatic heterocycles. The first-order valence-electron chi connectivity index (χ1n) is 10.6. The van der Waals surface area contributed by atoms with Gasteiger partial charge in [0.25, 0.3) is 0 Å². The van der Waals surface area contributed by atoms with Gasteiger partial charge in [0.05, 0.1) is 12.1 Å². The van der Waals surface area contributed by atoms with E-state index in [0.717, 1.165) is 24.8 Å². The minimum atomic E-state index is -0.581. The van der Waals surface area contributed by atoms with Crippen LogP contribution in [-0.2, 0) is 11.2 Å². The Kier molecular flexibility index (Phi) is 7.41. The van der Waals surface area contributed by atoms with Gasteiger partial charge in [-0.3, -0.25) is 4.79 Å². The van der Waals surface area contributed by atoms with E-state index in [1.165, 1.54) is 19.3 Å². The summed E-state index contributed by atoms with van der Waals surface area (Å²) in [5.41, 5.74) is 7.22. The number of amides is 3. The lowest BCUT2D eigenvalue weighted by Crippen LogP contribution is -2.53. The normalized spacial score (nSPS) is 21.1. The lowest BCUT2D eigenvalue weighted by Gasteiger charge is -2.40. The highest BCUT2D eigenvalue weighted by molar-refractivity contribution is 6.30. The predicted octanol–water partition coefficient (Wildman–Crippen LogP) is 3.13. The Hall–Kier alpha value is -1.79. The molecule has 1 aromatic carbocycles. The summed E-state index contributed by atoms with van der Waals surface area (Å²) in [4.78, 5) is 31.4. The number of hydrogen-bond acceptors (Lipinski definition) is 3. The lowest BCUT2D eigenvalue weighted by atomic mass is 9.93. The molecule has 1 aromatic rings. The molecule has 2 fully saturated rings. The van der Waals surface area contributed by atoms with Gasteiger partial charge in [-0.1, -0.05) is 43.0 Å². The van der Waals surface area contributed by atoms with E-state index in [4.69, 9.17) is 17.3 Å². The zero-order valence-electron chi connectivity index (χ0n) is 17.5. The van der Waals surface area contributed by atoms with Gasteiger partial charge in [0.2, 0.25) is 5.91 Å². The topological polar surface area (TPSA) is 69.9 Å². The monoisotopic (exact) mass is 420 g/mol. The number of hydrogen-bond donors (Lipinski definition) is 1. The van der Waals surface area contributed by atoms with Crippen LogP contribution in [0.5, 0.6) is 0 Å². The van der Waals surface area contributed by atoms with Crippen LogP contribution in [0.15, 0.2) is 24.3 Å². The third kappa shape index (κ3) is 5.43. The fraction of sp³-hybridized carbons (Fsp3) is 0.636. The Balaban J connectivity index is 1.63. The summed E-state index contributed by atoms with van der Waals surface area (Å²) < 4.78 is 0. The molecule has 1 saturated heterocycles. The first-order chi connectivity index (χ1) is 13.9. The maximum absolute atomic E-state index is 12.9. The molecule has 2 aliphatic rings. The molecule has 160 valence electrons. The average molecular weight is 421 g/mol. The Morgan fingerprint density at radius 3 is 2.38 bits per heavy atom. The van der Waals surface area contributed by atoms with Crippen LogP contribution in [0.25, 0.3) is 0 Å². The van der Waals surface area contributed by atoms with Gasteiger partial charge in [0.15, 0.2) is 0 Å². The van der Waals surface area contributed by atoms with Gasteiger partial charge < -0.3 is 20.4 Å². The highest BCUT2D eigenvalue weighted by atomic mass is 35.5. The zero-order valence-corrected chi connectivity index (χ0v) is 18.3. The van der Waals surface area contributed by atoms with Crippen molar-refractivity contribution in [2.45, 2.75) is 63.1 Å². The summed E-state index contributed by atoms with van der Waals surface area (Å²) in [7, 11) is 3.61. The molecule has 2 N–H and O–H groups in total. The van der Waals surface area contributed by atoms with Gasteiger partial charge in [-0.05, 0) is 43.4 Å². The van der Waals surface area contributed by atoms with E-state index in [1.54, 1.807) is 19.0 Å². The van der Waals surface area contributed by atoms with Gasteiger partial charge in [0, 0.05) is 38.2 Å². The summed E-state index contributed by atoms with van der Waals surface area (Å²) in [5.74, 6) is -0.0386. The number of nitrogens with zero attached hydrogens (tertiary/aromatic N) is 3. The van der Waals surface area contributed by atoms with Gasteiger partial charge in [0.1, 0.15) is 0 Å². The van der Waals surface area contributed by atoms with Crippen LogP contribution in [0.2, 0.25) is 5.02 Å². The maximum atomic E-state index is 12.9. The Labute approximate surface area is 179 Å². The fourth-order valence-electron chi connectivity index (χ4n) is 4.57. The molecule has 2 atom stereocenters. The second-order valence-corrected chi connectivity index (χ2v) is 8.98. The van der Waals surface area contributed by atoms with Crippen LogP contribution in [-0.4, -0.2) is 71.9 Å². The van der Waals surface area contributed by atoms with Crippen LogP contribution in [0.1, 0.15) is 44.1 Å². The lowest BCUT2D eigenvalue weighted by molar-refractivity contribution is -0.131. The average Bonchev–Trinajstić information content (AvgIpc) is 3.19. The molecule has 3 rings (SSSR count). The first-order valence-corrected chi connectivity index (χ1v) is 11.0. The van der Waals surface area contributed by atoms with E-state index in [2.05, 4.69) is 4.90 Å². The number of urea groups is 1. The number of likely N-dealkylation sites (tertiary alicyclic amines) is 1. The van der Waals surface area contributed by atoms with Gasteiger partial charge in [-0.15, -0.1) is 0 Å². The molecule has 2 unspecified atom stereocenters. The van der Waals surface area contributed by atoms with E-state index in [0.29, 0.717) is 24.5 Å². The number of rotatable bonds is 5. The third-order valence-electron chi connectivity index (χ3n) is 6.13. The van der Waals surface area contributed by atoms with E-state index in [9.17, 15) is 9.59 Å². The number of carbonyl (C=O) groups excluding carboxylic acids is 2. The molecule has 1 aliphatic heterocycles. The van der Waals surface area contributed by atoms with E-state index in [-0.39, 0.29) is 24.0 Å². The second-order valence-electron chi connectivity index (χ2n) is 8.54. The minimum absolute atomic E-state index is 0.0386. The van der Waals surface area contributed by atoms with Gasteiger partial charge in [-0.2, -0.15) is 0 Å². The predicted molar refractivity (Wildman–Crippen MR) is 116 cm³/mol. The molecule has 3 amide bonds. The summed E-state index contributed by atoms with van der Waals surface area (Å²) in [6, 6.07) is 7.26. The van der Waals surface area contributed by atoms with Crippen LogP contribution in [0.4, 0.5) is 4.79 Å². The Bertz CT molecular complexity index is 703. The van der Waals surface area contributed by atoms with Crippen molar-refractivity contribution in [3.8, 4) is 0 Å². The number of carbonyl (C=O) groups is 2. The summed E-state index contributed by atoms with van der Waals surface area (Å²) in [6.45, 7) is 1.23. The van der Waals surface area contributed by atoms with Gasteiger partial charge in [-0.25, -0.2) is 4.79 Å². The molecule has 1 heterocycles. The van der Waals surface area contributed by atoms with E-state index >= 15 is 0 Å². The van der Waals surface area contributed by atoms with Crippen LogP contribution in [0.3, 0.4) is 0 Å². The highest BCUT2D eigenvalue weighted by Gasteiger charge is 2.38. The molecule has 7 heteroatoms. The third-order valence-corrected chi connectivity index (χ3v) is 6.38. The van der Waals surface area contributed by atoms with E-state index in [1.807, 2.05) is 29.2 Å². The van der Waals surface area contributed by atoms with Gasteiger partial charge >= 0.3 is 6.03 Å². The maximum Gasteiger partial charge on any atom is 0.320 e. The second kappa shape index (κ2) is 9.81. The van der Waals surface area contributed by atoms with E-state index < -0.39 is 6.04 Å². The van der Waals surface area contributed by atoms with Crippen molar-refractivity contribution in [2.75, 3.05) is 27.2 Å². The van der Waals surface area contributed by atoms with Crippen LogP contribution < -0.4 is 5.73 Å². The Morgan fingerprint density at radius 2 is 1.76 bits per heavy atom. The molecule has 0 radical (unpaired) electrons. The van der Waals surface area contributed by atoms with Crippen molar-refractivity contribution < 1.29 is 9.59 Å². The van der Waals surface area contributed by atoms with Crippen molar-refractivity contribution in [3.05, 3.63) is 34.9 Å². The van der Waals surface area contributed by atoms with Crippen molar-refractivity contribution in [1.29, 1.82) is 0 Å². The first kappa shape index (κ1) is 21.9. The quantitative estimate of drug-likeness (QED) is 0.795. The molecular formula is C22H33ClN4O2. The fourth-order valence-corrected chi connectivity index (χ4v) is 4.69. The van der Waals surface area contributed by atoms with Crippen molar-refractivity contribution >= 4 is 23.5 Å². The standard InChI is InChI=1S/C22H33ClN4O2/c1-25(2)22(29)27(18-6-4-3-5-7-18)19-12-13-26(15-19)21(28)20(24)14-16-8-10-17(23)11-9-16/h8-11,18-20H,3-7,12-15,24H2,1-2H3. The molecule has 0 spiro atoms. The summed E-state index contributed by atoms with van der Waals surface area (Å²) in [5, 5.41) is 0.671. The summed E-state index contributed by atoms with van der Waals surface area (Å²) >= 11 is 5.93. The zero-order chi connectivity index (χ0) is 21.0. The number of nitrogens with two attached hydrogens (primary N) is 1. The highest BCUT2D eigenvalue weighted by Crippen LogP contribution is 2.28. The molecule has 1 saturated carbocycles. The van der Waals surface area contributed by atoms with Crippen LogP contribution in [0, 0.1) is 0 Å². The van der Waals surface area contributed by atoms with Crippen molar-refractivity contribution in [1.82, 2.24) is 14.7 Å². The number of halogens is 1.